The van der Waals surface area contributed by atoms with Gasteiger partial charge in [0.2, 0.25) is 0 Å². The lowest BCUT2D eigenvalue weighted by atomic mass is 9.96. The SMILES string of the molecule is CCc1c(C(=O)N2CC=C(c3c(OC)cc(OC)cc3OC)CC2)cnn1-c1ccc(F)cc1. The molecule has 4 rings (SSSR count). The lowest BCUT2D eigenvalue weighted by molar-refractivity contribution is 0.0771. The van der Waals surface area contributed by atoms with E-state index in [0.29, 0.717) is 48.7 Å². The average molecular weight is 466 g/mol. The van der Waals surface area contributed by atoms with Crippen LogP contribution >= 0.6 is 0 Å². The van der Waals surface area contributed by atoms with E-state index in [9.17, 15) is 9.18 Å². The standard InChI is InChI=1S/C26H28FN3O4/c1-5-22-21(16-28-30(22)19-8-6-18(27)7-9-19)26(31)29-12-10-17(11-13-29)25-23(33-3)14-20(32-2)15-24(25)34-4/h6-10,14-16H,5,11-13H2,1-4H3. The molecule has 1 aromatic heterocycles. The molecule has 0 fully saturated rings. The predicted molar refractivity (Wildman–Crippen MR) is 127 cm³/mol. The minimum absolute atomic E-state index is 0.0748. The van der Waals surface area contributed by atoms with Crippen molar-refractivity contribution in [2.75, 3.05) is 34.4 Å². The van der Waals surface area contributed by atoms with E-state index < -0.39 is 0 Å². The molecule has 0 spiro atoms. The van der Waals surface area contributed by atoms with Crippen LogP contribution in [0.3, 0.4) is 0 Å². The van der Waals surface area contributed by atoms with E-state index in [-0.39, 0.29) is 11.7 Å². The van der Waals surface area contributed by atoms with E-state index in [0.717, 1.165) is 22.5 Å². The number of carbonyl (C=O) groups excluding carboxylic acids is 1. The van der Waals surface area contributed by atoms with Crippen molar-refractivity contribution in [3.05, 3.63) is 71.3 Å². The van der Waals surface area contributed by atoms with Crippen LogP contribution in [0.2, 0.25) is 0 Å². The van der Waals surface area contributed by atoms with Gasteiger partial charge in [0.05, 0.1) is 50.0 Å². The number of ether oxygens (including phenoxy) is 3. The van der Waals surface area contributed by atoms with E-state index in [1.165, 1.54) is 12.1 Å². The van der Waals surface area contributed by atoms with E-state index >= 15 is 0 Å². The van der Waals surface area contributed by atoms with E-state index in [2.05, 4.69) is 5.10 Å². The first-order chi connectivity index (χ1) is 16.5. The van der Waals surface area contributed by atoms with Gasteiger partial charge in [0.1, 0.15) is 23.1 Å². The normalized spacial score (nSPS) is 13.4. The fourth-order valence-corrected chi connectivity index (χ4v) is 4.27. The Morgan fingerprint density at radius 3 is 2.26 bits per heavy atom. The zero-order valence-electron chi connectivity index (χ0n) is 19.8. The van der Waals surface area contributed by atoms with Crippen LogP contribution in [0.15, 0.2) is 48.7 Å². The smallest absolute Gasteiger partial charge is 0.257 e. The Morgan fingerprint density at radius 2 is 1.74 bits per heavy atom. The summed E-state index contributed by atoms with van der Waals surface area (Å²) in [6.45, 7) is 2.98. The van der Waals surface area contributed by atoms with E-state index in [1.807, 2.05) is 25.1 Å². The summed E-state index contributed by atoms with van der Waals surface area (Å²) >= 11 is 0. The number of benzene rings is 2. The van der Waals surface area contributed by atoms with Crippen LogP contribution in [0.25, 0.3) is 11.3 Å². The van der Waals surface area contributed by atoms with Gasteiger partial charge in [-0.05, 0) is 42.7 Å². The highest BCUT2D eigenvalue weighted by atomic mass is 19.1. The summed E-state index contributed by atoms with van der Waals surface area (Å²) < 4.78 is 31.6. The highest BCUT2D eigenvalue weighted by Crippen LogP contribution is 2.41. The van der Waals surface area contributed by atoms with Gasteiger partial charge < -0.3 is 19.1 Å². The van der Waals surface area contributed by atoms with Gasteiger partial charge in [-0.25, -0.2) is 9.07 Å². The summed E-state index contributed by atoms with van der Waals surface area (Å²) in [5, 5.41) is 4.41. The molecule has 0 N–H and O–H groups in total. The maximum Gasteiger partial charge on any atom is 0.257 e. The van der Waals surface area contributed by atoms with Gasteiger partial charge in [0.15, 0.2) is 0 Å². The Balaban J connectivity index is 1.59. The molecule has 0 saturated heterocycles. The molecule has 0 saturated carbocycles. The number of amides is 1. The first-order valence-electron chi connectivity index (χ1n) is 11.1. The number of hydrogen-bond donors (Lipinski definition) is 0. The van der Waals surface area contributed by atoms with Crippen molar-refractivity contribution in [1.82, 2.24) is 14.7 Å². The maximum atomic E-state index is 13.4. The summed E-state index contributed by atoms with van der Waals surface area (Å²) in [5.41, 5.74) is 4.00. The molecule has 0 bridgehead atoms. The zero-order valence-corrected chi connectivity index (χ0v) is 19.8. The van der Waals surface area contributed by atoms with Crippen molar-refractivity contribution in [2.24, 2.45) is 0 Å². The van der Waals surface area contributed by atoms with Crippen molar-refractivity contribution in [1.29, 1.82) is 0 Å². The van der Waals surface area contributed by atoms with Gasteiger partial charge in [-0.2, -0.15) is 5.10 Å². The van der Waals surface area contributed by atoms with Gasteiger partial charge in [-0.15, -0.1) is 0 Å². The lowest BCUT2D eigenvalue weighted by Gasteiger charge is -2.28. The molecule has 1 amide bonds. The van der Waals surface area contributed by atoms with Crippen LogP contribution in [0.4, 0.5) is 4.39 Å². The van der Waals surface area contributed by atoms with Crippen LogP contribution in [0.1, 0.15) is 35.0 Å². The van der Waals surface area contributed by atoms with Gasteiger partial charge in [0.25, 0.3) is 5.91 Å². The number of halogens is 1. The molecule has 0 aliphatic carbocycles. The Labute approximate surface area is 198 Å². The van der Waals surface area contributed by atoms with Gasteiger partial charge in [-0.1, -0.05) is 13.0 Å². The third kappa shape index (κ3) is 4.35. The van der Waals surface area contributed by atoms with Crippen LogP contribution < -0.4 is 14.2 Å². The number of hydrogen-bond acceptors (Lipinski definition) is 5. The highest BCUT2D eigenvalue weighted by molar-refractivity contribution is 5.96. The van der Waals surface area contributed by atoms with Crippen molar-refractivity contribution in [3.63, 3.8) is 0 Å². The first-order valence-corrected chi connectivity index (χ1v) is 11.1. The molecule has 8 heteroatoms. The van der Waals surface area contributed by atoms with Crippen LogP contribution in [-0.4, -0.2) is 55.0 Å². The van der Waals surface area contributed by atoms with E-state index in [4.69, 9.17) is 14.2 Å². The fraction of sp³-hybridized carbons (Fsp3) is 0.308. The molecule has 7 nitrogen and oxygen atoms in total. The molecule has 2 heterocycles. The number of nitrogens with zero attached hydrogens (tertiary/aromatic N) is 3. The third-order valence-corrected chi connectivity index (χ3v) is 6.04. The highest BCUT2D eigenvalue weighted by Gasteiger charge is 2.26. The lowest BCUT2D eigenvalue weighted by Crippen LogP contribution is -2.35. The maximum absolute atomic E-state index is 13.4. The molecule has 0 atom stereocenters. The molecule has 1 aliphatic rings. The Kier molecular flexibility index (Phi) is 6.86. The van der Waals surface area contributed by atoms with Gasteiger partial charge >= 0.3 is 0 Å². The quantitative estimate of drug-likeness (QED) is 0.513. The second kappa shape index (κ2) is 9.99. The topological polar surface area (TPSA) is 65.8 Å². The largest absolute Gasteiger partial charge is 0.496 e. The molecule has 3 aromatic rings. The first kappa shape index (κ1) is 23.4. The van der Waals surface area contributed by atoms with Crippen LogP contribution in [-0.2, 0) is 6.42 Å². The number of aromatic nitrogens is 2. The molecular formula is C26H28FN3O4. The Hall–Kier alpha value is -3.81. The van der Waals surface area contributed by atoms with Crippen LogP contribution in [0, 0.1) is 5.82 Å². The third-order valence-electron chi connectivity index (χ3n) is 6.04. The Bertz CT molecular complexity index is 1190. The molecule has 1 aliphatic heterocycles. The molecule has 178 valence electrons. The molecule has 0 unspecified atom stereocenters. The average Bonchev–Trinajstić information content (AvgIpc) is 3.32. The fourth-order valence-electron chi connectivity index (χ4n) is 4.27. The summed E-state index contributed by atoms with van der Waals surface area (Å²) in [4.78, 5) is 15.2. The monoisotopic (exact) mass is 465 g/mol. The second-order valence-electron chi connectivity index (χ2n) is 7.88. The predicted octanol–water partition coefficient (Wildman–Crippen LogP) is 4.53. The van der Waals surface area contributed by atoms with Gasteiger partial charge in [0, 0.05) is 25.2 Å². The molecular weight excluding hydrogens is 437 g/mol. The minimum atomic E-state index is -0.314. The van der Waals surface area contributed by atoms with Crippen molar-refractivity contribution in [2.45, 2.75) is 19.8 Å². The second-order valence-corrected chi connectivity index (χ2v) is 7.88. The van der Waals surface area contributed by atoms with Gasteiger partial charge in [-0.3, -0.25) is 4.79 Å². The number of methoxy groups -OCH3 is 3. The van der Waals surface area contributed by atoms with Crippen molar-refractivity contribution in [3.8, 4) is 22.9 Å². The van der Waals surface area contributed by atoms with E-state index in [1.54, 1.807) is 49.2 Å². The summed E-state index contributed by atoms with van der Waals surface area (Å²) in [6.07, 6.45) is 4.90. The van der Waals surface area contributed by atoms with Crippen molar-refractivity contribution < 1.29 is 23.4 Å². The molecule has 34 heavy (non-hydrogen) atoms. The summed E-state index contributed by atoms with van der Waals surface area (Å²) in [6, 6.07) is 9.73. The summed E-state index contributed by atoms with van der Waals surface area (Å²) in [7, 11) is 4.82. The number of carbonyl (C=O) groups is 1. The van der Waals surface area contributed by atoms with Crippen LogP contribution in [0.5, 0.6) is 17.2 Å². The molecule has 0 radical (unpaired) electrons. The molecule has 2 aromatic carbocycles. The van der Waals surface area contributed by atoms with Crippen molar-refractivity contribution >= 4 is 11.5 Å². The zero-order chi connectivity index (χ0) is 24.2. The minimum Gasteiger partial charge on any atom is -0.496 e. The Morgan fingerprint density at radius 1 is 1.06 bits per heavy atom. The number of rotatable bonds is 7. The summed E-state index contributed by atoms with van der Waals surface area (Å²) in [5.74, 6) is 1.59.